The van der Waals surface area contributed by atoms with Crippen LogP contribution in [0.1, 0.15) is 5.56 Å². The van der Waals surface area contributed by atoms with Gasteiger partial charge in [0, 0.05) is 11.8 Å². The lowest BCUT2D eigenvalue weighted by atomic mass is 10.3. The Morgan fingerprint density at radius 3 is 2.75 bits per heavy atom. The summed E-state index contributed by atoms with van der Waals surface area (Å²) in [6.45, 7) is 3.38. The van der Waals surface area contributed by atoms with Crippen LogP contribution in [0.4, 0.5) is 4.39 Å². The number of hydrogen-bond acceptors (Lipinski definition) is 1. The van der Waals surface area contributed by atoms with Crippen molar-refractivity contribution < 1.29 is 4.39 Å². The van der Waals surface area contributed by atoms with Gasteiger partial charge in [0.2, 0.25) is 5.95 Å². The zero-order valence-electron chi connectivity index (χ0n) is 4.26. The zero-order valence-corrected chi connectivity index (χ0v) is 4.26. The highest BCUT2D eigenvalue weighted by atomic mass is 19.1. The Balaban J connectivity index is 3.13. The van der Waals surface area contributed by atoms with Crippen LogP contribution in [0, 0.1) is 12.9 Å². The summed E-state index contributed by atoms with van der Waals surface area (Å²) >= 11 is 0. The summed E-state index contributed by atoms with van der Waals surface area (Å²) in [5, 5.41) is 0. The third kappa shape index (κ3) is 0.832. The molecule has 1 nitrogen and oxygen atoms in total. The fourth-order valence-electron chi connectivity index (χ4n) is 0.419. The topological polar surface area (TPSA) is 12.9 Å². The van der Waals surface area contributed by atoms with Crippen molar-refractivity contribution in [1.29, 1.82) is 0 Å². The summed E-state index contributed by atoms with van der Waals surface area (Å²) in [6.07, 6.45) is 1.39. The third-order valence-electron chi connectivity index (χ3n) is 0.836. The Morgan fingerprint density at radius 2 is 2.38 bits per heavy atom. The molecule has 1 aromatic heterocycles. The van der Waals surface area contributed by atoms with Gasteiger partial charge < -0.3 is 0 Å². The minimum absolute atomic E-state index is 0.340. The summed E-state index contributed by atoms with van der Waals surface area (Å²) in [4.78, 5) is 3.35. The van der Waals surface area contributed by atoms with E-state index in [4.69, 9.17) is 0 Å². The first-order valence-corrected chi connectivity index (χ1v) is 2.23. The highest BCUT2D eigenvalue weighted by molar-refractivity contribution is 5.13. The van der Waals surface area contributed by atoms with Crippen molar-refractivity contribution in [3.8, 4) is 0 Å². The summed E-state index contributed by atoms with van der Waals surface area (Å²) in [7, 11) is 0. The molecule has 2 heteroatoms. The lowest BCUT2D eigenvalue weighted by molar-refractivity contribution is 0.578. The fraction of sp³-hybridized carbons (Fsp3) is 0. The largest absolute Gasteiger partial charge is 0.228 e. The van der Waals surface area contributed by atoms with Gasteiger partial charge in [0.25, 0.3) is 0 Å². The lowest BCUT2D eigenvalue weighted by Crippen LogP contribution is -1.83. The molecule has 41 valence electrons. The Labute approximate surface area is 47.2 Å². The van der Waals surface area contributed by atoms with E-state index in [2.05, 4.69) is 11.9 Å². The molecule has 1 heterocycles. The van der Waals surface area contributed by atoms with E-state index in [0.717, 1.165) is 0 Å². The highest BCUT2D eigenvalue weighted by Crippen LogP contribution is 1.97. The lowest BCUT2D eigenvalue weighted by Gasteiger charge is -1.88. The average Bonchev–Trinajstić information content (AvgIpc) is 1.77. The molecule has 8 heavy (non-hydrogen) atoms. The van der Waals surface area contributed by atoms with Crippen LogP contribution in [-0.4, -0.2) is 4.98 Å². The van der Waals surface area contributed by atoms with Gasteiger partial charge >= 0.3 is 0 Å². The fourth-order valence-corrected chi connectivity index (χ4v) is 0.419. The molecule has 1 rings (SSSR count). The molecule has 0 N–H and O–H groups in total. The van der Waals surface area contributed by atoms with Crippen LogP contribution < -0.4 is 0 Å². The van der Waals surface area contributed by atoms with Crippen molar-refractivity contribution in [3.63, 3.8) is 0 Å². The molecule has 0 aromatic carbocycles. The van der Waals surface area contributed by atoms with E-state index in [-0.39, 0.29) is 0 Å². The van der Waals surface area contributed by atoms with Gasteiger partial charge in [-0.2, -0.15) is 4.39 Å². The van der Waals surface area contributed by atoms with Gasteiger partial charge in [0.15, 0.2) is 0 Å². The number of aromatic nitrogens is 1. The summed E-state index contributed by atoms with van der Waals surface area (Å²) < 4.78 is 12.1. The second-order valence-electron chi connectivity index (χ2n) is 1.45. The maximum Gasteiger partial charge on any atom is 0.216 e. The zero-order chi connectivity index (χ0) is 5.98. The van der Waals surface area contributed by atoms with Crippen LogP contribution in [-0.2, 0) is 0 Å². The number of rotatable bonds is 0. The van der Waals surface area contributed by atoms with Crippen molar-refractivity contribution in [1.82, 2.24) is 4.98 Å². The summed E-state index contributed by atoms with van der Waals surface area (Å²) in [5.74, 6) is -0.493. The molecule has 0 unspecified atom stereocenters. The van der Waals surface area contributed by atoms with Crippen molar-refractivity contribution >= 4 is 0 Å². The van der Waals surface area contributed by atoms with E-state index in [1.807, 2.05) is 0 Å². The minimum Gasteiger partial charge on any atom is -0.228 e. The van der Waals surface area contributed by atoms with Crippen molar-refractivity contribution in [2.75, 3.05) is 0 Å². The van der Waals surface area contributed by atoms with Crippen molar-refractivity contribution in [2.45, 2.75) is 0 Å². The van der Waals surface area contributed by atoms with E-state index in [1.54, 1.807) is 12.1 Å². The van der Waals surface area contributed by atoms with Crippen molar-refractivity contribution in [2.24, 2.45) is 0 Å². The van der Waals surface area contributed by atoms with Gasteiger partial charge in [-0.1, -0.05) is 6.07 Å². The van der Waals surface area contributed by atoms with Gasteiger partial charge in [-0.25, -0.2) is 4.98 Å². The molecule has 0 aliphatic rings. The quantitative estimate of drug-likeness (QED) is 0.460. The van der Waals surface area contributed by atoms with Crippen molar-refractivity contribution in [3.05, 3.63) is 36.8 Å². The predicted octanol–water partition coefficient (Wildman–Crippen LogP) is 1.40. The Hall–Kier alpha value is -0.920. The Morgan fingerprint density at radius 1 is 1.62 bits per heavy atom. The summed E-state index contributed by atoms with van der Waals surface area (Å²) in [6, 6.07) is 3.22. The number of hydrogen-bond donors (Lipinski definition) is 0. The first kappa shape index (κ1) is 5.22. The second kappa shape index (κ2) is 1.90. The van der Waals surface area contributed by atoms with Gasteiger partial charge in [0.1, 0.15) is 0 Å². The van der Waals surface area contributed by atoms with Crippen LogP contribution in [0.25, 0.3) is 0 Å². The minimum atomic E-state index is -0.493. The molecule has 0 atom stereocenters. The van der Waals surface area contributed by atoms with Crippen LogP contribution in [0.15, 0.2) is 18.3 Å². The predicted molar refractivity (Wildman–Crippen MR) is 28.7 cm³/mol. The normalized spacial score (nSPS) is 9.25. The molecule has 0 amide bonds. The summed E-state index contributed by atoms with van der Waals surface area (Å²) in [5.41, 5.74) is 0.340. The SMILES string of the molecule is [CH2]c1cccnc1F. The van der Waals surface area contributed by atoms with Gasteiger partial charge in [-0.3, -0.25) is 0 Å². The van der Waals surface area contributed by atoms with Gasteiger partial charge in [0.05, 0.1) is 0 Å². The van der Waals surface area contributed by atoms with Crippen LogP contribution in [0.2, 0.25) is 0 Å². The maximum absolute atomic E-state index is 12.1. The van der Waals surface area contributed by atoms with Crippen LogP contribution in [0.3, 0.4) is 0 Å². The monoisotopic (exact) mass is 110 g/mol. The van der Waals surface area contributed by atoms with Crippen LogP contribution >= 0.6 is 0 Å². The molecule has 0 saturated carbocycles. The number of pyridine rings is 1. The molecule has 0 spiro atoms. The van der Waals surface area contributed by atoms with E-state index < -0.39 is 5.95 Å². The molecule has 0 aliphatic carbocycles. The average molecular weight is 110 g/mol. The van der Waals surface area contributed by atoms with Crippen LogP contribution in [0.5, 0.6) is 0 Å². The molecule has 0 aliphatic heterocycles. The molecule has 1 aromatic rings. The molecule has 0 fully saturated rings. The first-order valence-electron chi connectivity index (χ1n) is 2.23. The van der Waals surface area contributed by atoms with Gasteiger partial charge in [-0.05, 0) is 13.0 Å². The van der Waals surface area contributed by atoms with Gasteiger partial charge in [-0.15, -0.1) is 0 Å². The molecule has 0 saturated heterocycles. The van der Waals surface area contributed by atoms with E-state index >= 15 is 0 Å². The van der Waals surface area contributed by atoms with E-state index in [9.17, 15) is 4.39 Å². The Kier molecular flexibility index (Phi) is 1.24. The number of nitrogens with zero attached hydrogens (tertiary/aromatic N) is 1. The third-order valence-corrected chi connectivity index (χ3v) is 0.836. The second-order valence-corrected chi connectivity index (χ2v) is 1.45. The highest BCUT2D eigenvalue weighted by Gasteiger charge is 1.90. The standard InChI is InChI=1S/C6H5FN/c1-5-3-2-4-8-6(5)7/h2-4H,1H2. The Bertz CT molecular complexity index is 165. The number of halogens is 1. The molecular weight excluding hydrogens is 105 g/mol. The maximum atomic E-state index is 12.1. The van der Waals surface area contributed by atoms with E-state index in [0.29, 0.717) is 5.56 Å². The molecular formula is C6H5FN. The molecule has 1 radical (unpaired) electrons. The smallest absolute Gasteiger partial charge is 0.216 e. The molecule has 0 bridgehead atoms. The van der Waals surface area contributed by atoms with E-state index in [1.165, 1.54) is 6.20 Å². The first-order chi connectivity index (χ1) is 3.80.